The molecule has 0 N–H and O–H groups in total. The fourth-order valence-electron chi connectivity index (χ4n) is 3.81. The van der Waals surface area contributed by atoms with Gasteiger partial charge in [-0.1, -0.05) is 49.9 Å². The molecule has 0 amide bonds. The van der Waals surface area contributed by atoms with Gasteiger partial charge in [-0.25, -0.2) is 0 Å². The van der Waals surface area contributed by atoms with Crippen LogP contribution in [0.4, 0.5) is 0 Å². The van der Waals surface area contributed by atoms with Gasteiger partial charge in [-0.3, -0.25) is 9.59 Å². The summed E-state index contributed by atoms with van der Waals surface area (Å²) < 4.78 is 0. The lowest BCUT2D eigenvalue weighted by Gasteiger charge is -2.15. The molecule has 4 rings (SSSR count). The molecule has 0 spiro atoms. The van der Waals surface area contributed by atoms with E-state index in [1.54, 1.807) is 23.5 Å². The predicted octanol–water partition coefficient (Wildman–Crippen LogP) is 4.96. The average molecular weight is 324 g/mol. The SMILES string of the molecule is O=C1c2ccccc2C(=O)c2c1sc1c2CCCCCCCC1. The molecule has 1 aromatic carbocycles. The van der Waals surface area contributed by atoms with Crippen molar-refractivity contribution in [2.45, 2.75) is 51.4 Å². The lowest BCUT2D eigenvalue weighted by Crippen LogP contribution is -2.20. The molecule has 2 aliphatic carbocycles. The van der Waals surface area contributed by atoms with Gasteiger partial charge < -0.3 is 0 Å². The molecule has 0 aliphatic heterocycles. The van der Waals surface area contributed by atoms with Gasteiger partial charge in [-0.2, -0.15) is 0 Å². The molecular weight excluding hydrogens is 304 g/mol. The number of carbonyl (C=O) groups excluding carboxylic acids is 2. The number of fused-ring (bicyclic) bond motifs is 4. The third-order valence-corrected chi connectivity index (χ3v) is 6.31. The third kappa shape index (κ3) is 2.47. The Morgan fingerprint density at radius 1 is 0.739 bits per heavy atom. The van der Waals surface area contributed by atoms with E-state index in [0.29, 0.717) is 16.0 Å². The summed E-state index contributed by atoms with van der Waals surface area (Å²) in [5.74, 6) is 0.104. The smallest absolute Gasteiger partial charge is 0.204 e. The first-order valence-electron chi connectivity index (χ1n) is 8.60. The Kier molecular flexibility index (Phi) is 3.90. The highest BCUT2D eigenvalue weighted by atomic mass is 32.1. The monoisotopic (exact) mass is 324 g/mol. The van der Waals surface area contributed by atoms with E-state index in [0.717, 1.165) is 24.8 Å². The minimum Gasteiger partial charge on any atom is -0.289 e. The molecule has 0 bridgehead atoms. The van der Waals surface area contributed by atoms with E-state index in [1.807, 2.05) is 12.1 Å². The van der Waals surface area contributed by atoms with E-state index < -0.39 is 0 Å². The molecule has 0 fully saturated rings. The van der Waals surface area contributed by atoms with Crippen LogP contribution in [0.25, 0.3) is 0 Å². The fraction of sp³-hybridized carbons (Fsp3) is 0.400. The van der Waals surface area contributed by atoms with Crippen molar-refractivity contribution in [3.05, 3.63) is 56.3 Å². The van der Waals surface area contributed by atoms with Crippen LogP contribution in [-0.2, 0) is 12.8 Å². The van der Waals surface area contributed by atoms with Crippen LogP contribution in [0.1, 0.15) is 80.1 Å². The molecule has 2 nitrogen and oxygen atoms in total. The standard InChI is InChI=1S/C20H20O2S/c21-18-13-9-7-8-10-14(13)19(22)20-17(18)15-11-5-3-1-2-4-6-12-16(15)23-20/h7-10H,1-6,11-12H2. The minimum atomic E-state index is 0.0440. The van der Waals surface area contributed by atoms with E-state index in [2.05, 4.69) is 0 Å². The molecule has 1 heterocycles. The lowest BCUT2D eigenvalue weighted by atomic mass is 9.85. The van der Waals surface area contributed by atoms with Gasteiger partial charge in [0.1, 0.15) is 0 Å². The Morgan fingerprint density at radius 2 is 1.35 bits per heavy atom. The topological polar surface area (TPSA) is 34.1 Å². The largest absolute Gasteiger partial charge is 0.289 e. The van der Waals surface area contributed by atoms with Gasteiger partial charge in [-0.15, -0.1) is 11.3 Å². The summed E-state index contributed by atoms with van der Waals surface area (Å²) in [5, 5.41) is 0. The fourth-order valence-corrected chi connectivity index (χ4v) is 5.15. The predicted molar refractivity (Wildman–Crippen MR) is 92.7 cm³/mol. The van der Waals surface area contributed by atoms with Gasteiger partial charge in [0.05, 0.1) is 4.88 Å². The number of thiophene rings is 1. The number of benzene rings is 1. The Balaban J connectivity index is 1.84. The number of carbonyl (C=O) groups is 2. The second-order valence-electron chi connectivity index (χ2n) is 6.53. The van der Waals surface area contributed by atoms with E-state index >= 15 is 0 Å². The molecule has 0 saturated carbocycles. The molecule has 0 radical (unpaired) electrons. The maximum Gasteiger partial charge on any atom is 0.204 e. The zero-order valence-corrected chi connectivity index (χ0v) is 14.0. The van der Waals surface area contributed by atoms with Crippen LogP contribution in [0.3, 0.4) is 0 Å². The van der Waals surface area contributed by atoms with E-state index in [-0.39, 0.29) is 11.6 Å². The van der Waals surface area contributed by atoms with Gasteiger partial charge in [0.2, 0.25) is 5.78 Å². The van der Waals surface area contributed by atoms with Crippen molar-refractivity contribution >= 4 is 22.9 Å². The van der Waals surface area contributed by atoms with Crippen LogP contribution in [0.15, 0.2) is 24.3 Å². The summed E-state index contributed by atoms with van der Waals surface area (Å²) in [4.78, 5) is 27.8. The number of ketones is 2. The normalized spacial score (nSPS) is 18.1. The molecule has 0 saturated heterocycles. The first kappa shape index (κ1) is 14.8. The highest BCUT2D eigenvalue weighted by molar-refractivity contribution is 7.15. The second kappa shape index (κ2) is 6.04. The summed E-state index contributed by atoms with van der Waals surface area (Å²) in [6.07, 6.45) is 9.33. The van der Waals surface area contributed by atoms with Crippen molar-refractivity contribution in [1.29, 1.82) is 0 Å². The highest BCUT2D eigenvalue weighted by Gasteiger charge is 2.34. The van der Waals surface area contributed by atoms with Gasteiger partial charge in [0.15, 0.2) is 5.78 Å². The van der Waals surface area contributed by atoms with Crippen LogP contribution in [0.2, 0.25) is 0 Å². The number of aryl methyl sites for hydroxylation is 1. The first-order chi connectivity index (χ1) is 11.3. The zero-order chi connectivity index (χ0) is 15.8. The van der Waals surface area contributed by atoms with Crippen molar-refractivity contribution in [3.63, 3.8) is 0 Å². The van der Waals surface area contributed by atoms with Crippen LogP contribution in [0.5, 0.6) is 0 Å². The summed E-state index contributed by atoms with van der Waals surface area (Å²) in [7, 11) is 0. The quantitative estimate of drug-likeness (QED) is 0.585. The Morgan fingerprint density at radius 3 is 2.09 bits per heavy atom. The molecule has 2 aromatic rings. The maximum atomic E-state index is 13.0. The summed E-state index contributed by atoms with van der Waals surface area (Å²) in [5.41, 5.74) is 3.07. The highest BCUT2D eigenvalue weighted by Crippen LogP contribution is 2.38. The summed E-state index contributed by atoms with van der Waals surface area (Å²) >= 11 is 1.58. The van der Waals surface area contributed by atoms with Crippen molar-refractivity contribution in [2.24, 2.45) is 0 Å². The Bertz CT molecular complexity index is 785. The second-order valence-corrected chi connectivity index (χ2v) is 7.64. The molecule has 2 aliphatic rings. The molecule has 1 aromatic heterocycles. The molecular formula is C20H20O2S. The average Bonchev–Trinajstić information content (AvgIpc) is 2.95. The van der Waals surface area contributed by atoms with Crippen LogP contribution in [0, 0.1) is 0 Å². The minimum absolute atomic E-state index is 0.0440. The first-order valence-corrected chi connectivity index (χ1v) is 9.42. The molecule has 0 unspecified atom stereocenters. The van der Waals surface area contributed by atoms with E-state index in [9.17, 15) is 9.59 Å². The molecule has 118 valence electrons. The number of hydrogen-bond acceptors (Lipinski definition) is 3. The van der Waals surface area contributed by atoms with Crippen molar-refractivity contribution in [2.75, 3.05) is 0 Å². The van der Waals surface area contributed by atoms with Gasteiger partial charge >= 0.3 is 0 Å². The molecule has 0 atom stereocenters. The lowest BCUT2D eigenvalue weighted by molar-refractivity contribution is 0.0981. The van der Waals surface area contributed by atoms with Gasteiger partial charge in [0.25, 0.3) is 0 Å². The van der Waals surface area contributed by atoms with Crippen molar-refractivity contribution in [3.8, 4) is 0 Å². The third-order valence-electron chi connectivity index (χ3n) is 5.02. The summed E-state index contributed by atoms with van der Waals surface area (Å²) in [6, 6.07) is 7.27. The van der Waals surface area contributed by atoms with E-state index in [1.165, 1.54) is 42.5 Å². The summed E-state index contributed by atoms with van der Waals surface area (Å²) in [6.45, 7) is 0. The Labute approximate surface area is 140 Å². The zero-order valence-electron chi connectivity index (χ0n) is 13.2. The van der Waals surface area contributed by atoms with Crippen LogP contribution in [-0.4, -0.2) is 11.6 Å². The van der Waals surface area contributed by atoms with Gasteiger partial charge in [-0.05, 0) is 31.2 Å². The molecule has 3 heteroatoms. The Hall–Kier alpha value is -1.74. The molecule has 23 heavy (non-hydrogen) atoms. The maximum absolute atomic E-state index is 13.0. The van der Waals surface area contributed by atoms with Crippen molar-refractivity contribution in [1.82, 2.24) is 0 Å². The van der Waals surface area contributed by atoms with Crippen LogP contribution >= 0.6 is 11.3 Å². The van der Waals surface area contributed by atoms with Gasteiger partial charge in [0, 0.05) is 21.6 Å². The van der Waals surface area contributed by atoms with E-state index in [4.69, 9.17) is 0 Å². The van der Waals surface area contributed by atoms with Crippen molar-refractivity contribution < 1.29 is 9.59 Å². The number of rotatable bonds is 0. The number of hydrogen-bond donors (Lipinski definition) is 0. The van der Waals surface area contributed by atoms with Crippen LogP contribution < -0.4 is 0 Å².